The second kappa shape index (κ2) is 8.48. The normalized spacial score (nSPS) is 17.7. The van der Waals surface area contributed by atoms with Crippen molar-refractivity contribution >= 4 is 29.0 Å². The topological polar surface area (TPSA) is 78.6 Å². The summed E-state index contributed by atoms with van der Waals surface area (Å²) in [7, 11) is 0. The summed E-state index contributed by atoms with van der Waals surface area (Å²) in [6.07, 6.45) is 1.69. The average Bonchev–Trinajstić information content (AvgIpc) is 3.45. The Balaban J connectivity index is 1.60. The number of para-hydroxylation sites is 1. The van der Waals surface area contributed by atoms with Crippen molar-refractivity contribution in [3.05, 3.63) is 108 Å². The molecule has 164 valence electrons. The minimum atomic E-state index is -1.02. The largest absolute Gasteiger partial charge is 0.478 e. The number of benzene rings is 2. The van der Waals surface area contributed by atoms with Gasteiger partial charge in [-0.2, -0.15) is 0 Å². The van der Waals surface area contributed by atoms with Crippen LogP contribution in [0.3, 0.4) is 0 Å². The van der Waals surface area contributed by atoms with E-state index in [1.807, 2.05) is 18.2 Å². The lowest BCUT2D eigenvalue weighted by molar-refractivity contribution is 0.0697. The summed E-state index contributed by atoms with van der Waals surface area (Å²) in [5.41, 5.74) is 1.84. The first kappa shape index (κ1) is 20.8. The molecule has 0 bridgehead atoms. The molecular formula is C25H18FN3O3S. The predicted octanol–water partition coefficient (Wildman–Crippen LogP) is 5.36. The first-order chi connectivity index (χ1) is 16.0. The third kappa shape index (κ3) is 3.85. The van der Waals surface area contributed by atoms with E-state index in [2.05, 4.69) is 10.3 Å². The zero-order chi connectivity index (χ0) is 22.9. The number of hydrogen-bond donors (Lipinski definition) is 2. The SMILES string of the molecule is O=C(O)c1cccc(-c2ccc(C3C(c4ccccn4)NC(=S)N3c3ccccc3F)o2)c1. The summed E-state index contributed by atoms with van der Waals surface area (Å²) in [6, 6.07) is 21.2. The number of nitrogens with zero attached hydrogens (tertiary/aromatic N) is 2. The first-order valence-electron chi connectivity index (χ1n) is 10.2. The number of aromatic nitrogens is 1. The molecule has 1 aliphatic heterocycles. The lowest BCUT2D eigenvalue weighted by atomic mass is 10.0. The molecule has 2 aromatic carbocycles. The van der Waals surface area contributed by atoms with E-state index < -0.39 is 17.8 Å². The van der Waals surface area contributed by atoms with E-state index in [1.54, 1.807) is 59.6 Å². The van der Waals surface area contributed by atoms with Gasteiger partial charge in [0.05, 0.1) is 23.0 Å². The quantitative estimate of drug-likeness (QED) is 0.389. The molecule has 0 spiro atoms. The van der Waals surface area contributed by atoms with Crippen LogP contribution in [-0.4, -0.2) is 21.2 Å². The van der Waals surface area contributed by atoms with Gasteiger partial charge in [-0.05, 0) is 60.7 Å². The maximum absolute atomic E-state index is 14.8. The fraction of sp³-hybridized carbons (Fsp3) is 0.0800. The molecule has 1 fully saturated rings. The minimum Gasteiger partial charge on any atom is -0.478 e. The zero-order valence-electron chi connectivity index (χ0n) is 17.2. The number of carboxylic acids is 1. The molecule has 2 aromatic heterocycles. The van der Waals surface area contributed by atoms with Crippen LogP contribution in [0.15, 0.2) is 89.5 Å². The number of halogens is 1. The fourth-order valence-corrected chi connectivity index (χ4v) is 4.36. The van der Waals surface area contributed by atoms with Gasteiger partial charge in [-0.1, -0.05) is 30.3 Å². The van der Waals surface area contributed by atoms with Crippen molar-refractivity contribution in [2.24, 2.45) is 0 Å². The van der Waals surface area contributed by atoms with E-state index in [4.69, 9.17) is 16.6 Å². The van der Waals surface area contributed by atoms with Crippen molar-refractivity contribution in [1.82, 2.24) is 10.3 Å². The van der Waals surface area contributed by atoms with Gasteiger partial charge >= 0.3 is 5.97 Å². The molecule has 2 atom stereocenters. The molecule has 0 amide bonds. The molecule has 0 aliphatic carbocycles. The Bertz CT molecular complexity index is 1340. The number of carbonyl (C=O) groups is 1. The number of thiocarbonyl (C=S) groups is 1. The minimum absolute atomic E-state index is 0.161. The maximum atomic E-state index is 14.8. The Kier molecular flexibility index (Phi) is 5.35. The summed E-state index contributed by atoms with van der Waals surface area (Å²) in [5.74, 6) is -0.389. The highest BCUT2D eigenvalue weighted by molar-refractivity contribution is 7.80. The van der Waals surface area contributed by atoms with Gasteiger partial charge in [0, 0.05) is 11.8 Å². The molecule has 1 aliphatic rings. The molecule has 4 aromatic rings. The molecule has 1 saturated heterocycles. The van der Waals surface area contributed by atoms with E-state index in [9.17, 15) is 14.3 Å². The van der Waals surface area contributed by atoms with Crippen LogP contribution in [0.25, 0.3) is 11.3 Å². The van der Waals surface area contributed by atoms with Crippen molar-refractivity contribution in [2.75, 3.05) is 4.90 Å². The standard InChI is InChI=1S/C25H18FN3O3S/c26-17-8-1-2-10-19(17)29-23(22(28-25(29)33)18-9-3-4-13-27-18)21-12-11-20(32-21)15-6-5-7-16(14-15)24(30)31/h1-14,22-23H,(H,28,33)(H,30,31). The number of rotatable bonds is 5. The van der Waals surface area contributed by atoms with Gasteiger partial charge in [0.25, 0.3) is 0 Å². The van der Waals surface area contributed by atoms with E-state index >= 15 is 0 Å². The smallest absolute Gasteiger partial charge is 0.335 e. The first-order valence-corrected chi connectivity index (χ1v) is 10.6. The molecule has 0 saturated carbocycles. The average molecular weight is 460 g/mol. The van der Waals surface area contributed by atoms with E-state index in [-0.39, 0.29) is 11.6 Å². The maximum Gasteiger partial charge on any atom is 0.335 e. The van der Waals surface area contributed by atoms with Crippen LogP contribution in [0.2, 0.25) is 0 Å². The van der Waals surface area contributed by atoms with Crippen molar-refractivity contribution in [1.29, 1.82) is 0 Å². The summed E-state index contributed by atoms with van der Waals surface area (Å²) in [6.45, 7) is 0. The molecule has 6 nitrogen and oxygen atoms in total. The molecule has 3 heterocycles. The predicted molar refractivity (Wildman–Crippen MR) is 125 cm³/mol. The zero-order valence-corrected chi connectivity index (χ0v) is 18.0. The van der Waals surface area contributed by atoms with Crippen LogP contribution in [0.1, 0.15) is 33.9 Å². The third-order valence-electron chi connectivity index (χ3n) is 5.52. The van der Waals surface area contributed by atoms with Crippen molar-refractivity contribution in [3.8, 4) is 11.3 Å². The van der Waals surface area contributed by atoms with Gasteiger partial charge < -0.3 is 19.7 Å². The summed E-state index contributed by atoms with van der Waals surface area (Å²) in [4.78, 5) is 17.5. The highest BCUT2D eigenvalue weighted by atomic mass is 32.1. The summed E-state index contributed by atoms with van der Waals surface area (Å²) < 4.78 is 21.0. The Morgan fingerprint density at radius 3 is 2.64 bits per heavy atom. The summed E-state index contributed by atoms with van der Waals surface area (Å²) in [5, 5.41) is 12.9. The second-order valence-electron chi connectivity index (χ2n) is 7.54. The van der Waals surface area contributed by atoms with Crippen LogP contribution < -0.4 is 10.2 Å². The van der Waals surface area contributed by atoms with E-state index in [0.29, 0.717) is 27.9 Å². The molecule has 0 radical (unpaired) electrons. The number of aromatic carboxylic acids is 1. The Hall–Kier alpha value is -4.04. The third-order valence-corrected chi connectivity index (χ3v) is 5.84. The molecule has 8 heteroatoms. The lowest BCUT2D eigenvalue weighted by Crippen LogP contribution is -2.30. The van der Waals surface area contributed by atoms with Gasteiger partial charge in [0.2, 0.25) is 0 Å². The van der Waals surface area contributed by atoms with Gasteiger partial charge in [-0.25, -0.2) is 9.18 Å². The van der Waals surface area contributed by atoms with Gasteiger partial charge in [0.1, 0.15) is 23.4 Å². The summed E-state index contributed by atoms with van der Waals surface area (Å²) >= 11 is 5.60. The number of anilines is 1. The lowest BCUT2D eigenvalue weighted by Gasteiger charge is -2.26. The highest BCUT2D eigenvalue weighted by Crippen LogP contribution is 2.43. The van der Waals surface area contributed by atoms with Gasteiger partial charge in [-0.3, -0.25) is 4.98 Å². The molecule has 33 heavy (non-hydrogen) atoms. The highest BCUT2D eigenvalue weighted by Gasteiger charge is 2.43. The fourth-order valence-electron chi connectivity index (χ4n) is 4.02. The van der Waals surface area contributed by atoms with Crippen LogP contribution in [0, 0.1) is 5.82 Å². The molecular weight excluding hydrogens is 441 g/mol. The number of hydrogen-bond acceptors (Lipinski definition) is 4. The van der Waals surface area contributed by atoms with Crippen LogP contribution in [0.4, 0.5) is 10.1 Å². The number of carboxylic acid groups (broad SMARTS) is 1. The van der Waals surface area contributed by atoms with E-state index in [1.165, 1.54) is 12.1 Å². The van der Waals surface area contributed by atoms with Crippen molar-refractivity contribution < 1.29 is 18.7 Å². The van der Waals surface area contributed by atoms with Crippen molar-refractivity contribution in [3.63, 3.8) is 0 Å². The van der Waals surface area contributed by atoms with Gasteiger partial charge in [0.15, 0.2) is 5.11 Å². The Morgan fingerprint density at radius 1 is 1.06 bits per heavy atom. The van der Waals surface area contributed by atoms with Crippen LogP contribution in [-0.2, 0) is 0 Å². The van der Waals surface area contributed by atoms with Crippen LogP contribution >= 0.6 is 12.2 Å². The number of nitrogens with one attached hydrogen (secondary N) is 1. The van der Waals surface area contributed by atoms with Crippen molar-refractivity contribution in [2.45, 2.75) is 12.1 Å². The van der Waals surface area contributed by atoms with Crippen LogP contribution in [0.5, 0.6) is 0 Å². The monoisotopic (exact) mass is 459 g/mol. The molecule has 5 rings (SSSR count). The molecule has 2 unspecified atom stereocenters. The number of furan rings is 1. The Morgan fingerprint density at radius 2 is 1.88 bits per heavy atom. The van der Waals surface area contributed by atoms with E-state index in [0.717, 1.165) is 5.69 Å². The number of pyridine rings is 1. The second-order valence-corrected chi connectivity index (χ2v) is 7.92. The molecule has 2 N–H and O–H groups in total. The Labute approximate surface area is 194 Å². The van der Waals surface area contributed by atoms with Gasteiger partial charge in [-0.15, -0.1) is 0 Å².